The minimum atomic E-state index is -0.127. The molecule has 1 aromatic carbocycles. The summed E-state index contributed by atoms with van der Waals surface area (Å²) in [5.74, 6) is 2.04. The molecule has 5 heteroatoms. The van der Waals surface area contributed by atoms with E-state index in [0.717, 1.165) is 18.6 Å². The van der Waals surface area contributed by atoms with Gasteiger partial charge >= 0.3 is 0 Å². The molecule has 1 unspecified atom stereocenters. The Kier molecular flexibility index (Phi) is 4.18. The minimum absolute atomic E-state index is 0.127. The van der Waals surface area contributed by atoms with Crippen molar-refractivity contribution in [3.63, 3.8) is 0 Å². The Morgan fingerprint density at radius 3 is 3.06 bits per heavy atom. The number of nitrogen functional groups attached to an aromatic ring is 1. The summed E-state index contributed by atoms with van der Waals surface area (Å²) in [6, 6.07) is 5.37. The number of nitrogens with two attached hydrogens (primary N) is 1. The van der Waals surface area contributed by atoms with Crippen molar-refractivity contribution < 1.29 is 4.79 Å². The molecule has 0 radical (unpaired) electrons. The van der Waals surface area contributed by atoms with Crippen LogP contribution in [0.15, 0.2) is 18.2 Å². The molecule has 0 spiro atoms. The Bertz CT molecular complexity index is 419. The average molecular weight is 271 g/mol. The van der Waals surface area contributed by atoms with Crippen LogP contribution in [0.3, 0.4) is 0 Å². The number of hydrogen-bond acceptors (Lipinski definition) is 3. The lowest BCUT2D eigenvalue weighted by molar-refractivity contribution is 0.0939. The molecule has 17 heavy (non-hydrogen) atoms. The molecule has 92 valence electrons. The molecule has 2 rings (SSSR count). The quantitative estimate of drug-likeness (QED) is 0.812. The number of benzene rings is 1. The van der Waals surface area contributed by atoms with Gasteiger partial charge in [0.15, 0.2) is 0 Å². The van der Waals surface area contributed by atoms with Gasteiger partial charge in [0.25, 0.3) is 5.91 Å². The average Bonchev–Trinajstić information content (AvgIpc) is 2.34. The third-order valence-electron chi connectivity index (χ3n) is 2.79. The van der Waals surface area contributed by atoms with Crippen LogP contribution < -0.4 is 11.1 Å². The van der Waals surface area contributed by atoms with E-state index < -0.39 is 0 Å². The van der Waals surface area contributed by atoms with E-state index in [2.05, 4.69) is 5.32 Å². The minimum Gasteiger partial charge on any atom is -0.397 e. The van der Waals surface area contributed by atoms with E-state index in [-0.39, 0.29) is 11.9 Å². The zero-order chi connectivity index (χ0) is 12.3. The maximum Gasteiger partial charge on any atom is 0.253 e. The first-order valence-electron chi connectivity index (χ1n) is 5.61. The van der Waals surface area contributed by atoms with Crippen molar-refractivity contribution in [1.29, 1.82) is 0 Å². The van der Waals surface area contributed by atoms with Gasteiger partial charge in [-0.25, -0.2) is 0 Å². The molecule has 1 aromatic rings. The molecular formula is C12H15ClN2OS. The predicted molar refractivity (Wildman–Crippen MR) is 73.7 cm³/mol. The molecule has 1 heterocycles. The van der Waals surface area contributed by atoms with Crippen LogP contribution in [-0.2, 0) is 0 Å². The third-order valence-corrected chi connectivity index (χ3v) is 4.34. The number of anilines is 1. The summed E-state index contributed by atoms with van der Waals surface area (Å²) in [5.41, 5.74) is 6.61. The van der Waals surface area contributed by atoms with Gasteiger partial charge in [-0.15, -0.1) is 0 Å². The fraction of sp³-hybridized carbons (Fsp3) is 0.417. The number of amides is 1. The van der Waals surface area contributed by atoms with E-state index in [4.69, 9.17) is 17.3 Å². The normalized spacial score (nSPS) is 19.9. The van der Waals surface area contributed by atoms with E-state index in [0.29, 0.717) is 16.3 Å². The van der Waals surface area contributed by atoms with Gasteiger partial charge in [-0.2, -0.15) is 11.8 Å². The second kappa shape index (κ2) is 5.65. The van der Waals surface area contributed by atoms with Crippen molar-refractivity contribution in [2.24, 2.45) is 0 Å². The highest BCUT2D eigenvalue weighted by atomic mass is 35.5. The Morgan fingerprint density at radius 2 is 2.35 bits per heavy atom. The lowest BCUT2D eigenvalue weighted by Crippen LogP contribution is -2.38. The van der Waals surface area contributed by atoms with Gasteiger partial charge in [0.2, 0.25) is 0 Å². The molecule has 1 aliphatic rings. The van der Waals surface area contributed by atoms with Gasteiger partial charge in [0.05, 0.1) is 16.3 Å². The van der Waals surface area contributed by atoms with E-state index in [9.17, 15) is 4.79 Å². The van der Waals surface area contributed by atoms with Crippen molar-refractivity contribution in [1.82, 2.24) is 5.32 Å². The van der Waals surface area contributed by atoms with Crippen LogP contribution in [0.25, 0.3) is 0 Å². The van der Waals surface area contributed by atoms with Gasteiger partial charge < -0.3 is 11.1 Å². The largest absolute Gasteiger partial charge is 0.397 e. The molecule has 0 aliphatic carbocycles. The summed E-state index contributed by atoms with van der Waals surface area (Å²) in [6.45, 7) is 0. The van der Waals surface area contributed by atoms with E-state index in [1.54, 1.807) is 18.2 Å². The molecule has 0 aromatic heterocycles. The number of nitrogens with one attached hydrogen (secondary N) is 1. The SMILES string of the molecule is Nc1c(Cl)cccc1C(=O)NC1CCCSC1. The fourth-order valence-electron chi connectivity index (χ4n) is 1.85. The molecule has 1 amide bonds. The van der Waals surface area contributed by atoms with Gasteiger partial charge in [-0.1, -0.05) is 17.7 Å². The van der Waals surface area contributed by atoms with Crippen molar-refractivity contribution in [3.05, 3.63) is 28.8 Å². The van der Waals surface area contributed by atoms with Crippen LogP contribution in [-0.4, -0.2) is 23.5 Å². The Balaban J connectivity index is 2.06. The third kappa shape index (κ3) is 3.07. The van der Waals surface area contributed by atoms with Crippen LogP contribution in [0.2, 0.25) is 5.02 Å². The molecule has 1 fully saturated rings. The highest BCUT2D eigenvalue weighted by Gasteiger charge is 2.18. The highest BCUT2D eigenvalue weighted by molar-refractivity contribution is 7.99. The zero-order valence-electron chi connectivity index (χ0n) is 9.41. The van der Waals surface area contributed by atoms with Crippen LogP contribution >= 0.6 is 23.4 Å². The fourth-order valence-corrected chi connectivity index (χ4v) is 3.10. The number of hydrogen-bond donors (Lipinski definition) is 2. The summed E-state index contributed by atoms with van der Waals surface area (Å²) in [7, 11) is 0. The molecule has 0 bridgehead atoms. The predicted octanol–water partition coefficient (Wildman–Crippen LogP) is 2.55. The van der Waals surface area contributed by atoms with E-state index >= 15 is 0 Å². The zero-order valence-corrected chi connectivity index (χ0v) is 11.0. The molecule has 3 N–H and O–H groups in total. The Labute approximate surface area is 110 Å². The first kappa shape index (κ1) is 12.6. The second-order valence-corrected chi connectivity index (χ2v) is 5.65. The van der Waals surface area contributed by atoms with Crippen molar-refractivity contribution in [2.75, 3.05) is 17.2 Å². The highest BCUT2D eigenvalue weighted by Crippen LogP contribution is 2.23. The number of carbonyl (C=O) groups is 1. The number of rotatable bonds is 2. The van der Waals surface area contributed by atoms with Gasteiger partial charge in [0.1, 0.15) is 0 Å². The summed E-state index contributed by atoms with van der Waals surface area (Å²) in [4.78, 5) is 12.0. The lowest BCUT2D eigenvalue weighted by atomic mass is 10.1. The summed E-state index contributed by atoms with van der Waals surface area (Å²) >= 11 is 7.77. The maximum absolute atomic E-state index is 12.0. The monoisotopic (exact) mass is 270 g/mol. The maximum atomic E-state index is 12.0. The summed E-state index contributed by atoms with van der Waals surface area (Å²) in [5, 5.41) is 3.43. The Morgan fingerprint density at radius 1 is 1.53 bits per heavy atom. The van der Waals surface area contributed by atoms with Crippen molar-refractivity contribution in [3.8, 4) is 0 Å². The lowest BCUT2D eigenvalue weighted by Gasteiger charge is -2.22. The van der Waals surface area contributed by atoms with Gasteiger partial charge in [0, 0.05) is 11.8 Å². The number of thioether (sulfide) groups is 1. The van der Waals surface area contributed by atoms with Crippen LogP contribution in [0.5, 0.6) is 0 Å². The molecule has 1 atom stereocenters. The van der Waals surface area contributed by atoms with Crippen LogP contribution in [0.1, 0.15) is 23.2 Å². The molecule has 1 saturated heterocycles. The molecule has 3 nitrogen and oxygen atoms in total. The summed E-state index contributed by atoms with van der Waals surface area (Å²) < 4.78 is 0. The second-order valence-electron chi connectivity index (χ2n) is 4.09. The van der Waals surface area contributed by atoms with Gasteiger partial charge in [-0.3, -0.25) is 4.79 Å². The van der Waals surface area contributed by atoms with Crippen LogP contribution in [0.4, 0.5) is 5.69 Å². The van der Waals surface area contributed by atoms with Crippen LogP contribution in [0, 0.1) is 0 Å². The summed E-state index contributed by atoms with van der Waals surface area (Å²) in [6.07, 6.45) is 2.19. The van der Waals surface area contributed by atoms with Crippen molar-refractivity contribution in [2.45, 2.75) is 18.9 Å². The smallest absolute Gasteiger partial charge is 0.253 e. The molecule has 1 aliphatic heterocycles. The standard InChI is InChI=1S/C12H15ClN2OS/c13-10-5-1-4-9(11(10)14)12(16)15-8-3-2-6-17-7-8/h1,4-5,8H,2-3,6-7,14H2,(H,15,16). The van der Waals surface area contributed by atoms with E-state index in [1.165, 1.54) is 5.75 Å². The van der Waals surface area contributed by atoms with Crippen molar-refractivity contribution >= 4 is 35.0 Å². The van der Waals surface area contributed by atoms with Gasteiger partial charge in [-0.05, 0) is 30.7 Å². The first-order chi connectivity index (χ1) is 8.18. The first-order valence-corrected chi connectivity index (χ1v) is 7.14. The van der Waals surface area contributed by atoms with E-state index in [1.807, 2.05) is 11.8 Å². The molecule has 0 saturated carbocycles. The Hall–Kier alpha value is -0.870. The number of carbonyl (C=O) groups excluding carboxylic acids is 1. The number of para-hydroxylation sites is 1. The topological polar surface area (TPSA) is 55.1 Å². The molecular weight excluding hydrogens is 256 g/mol. The number of halogens is 1.